The van der Waals surface area contributed by atoms with Crippen molar-refractivity contribution in [2.45, 2.75) is 17.3 Å². The largest absolute Gasteiger partial charge is 0.465 e. The lowest BCUT2D eigenvalue weighted by Crippen LogP contribution is -2.37. The van der Waals surface area contributed by atoms with Gasteiger partial charge < -0.3 is 9.84 Å². The van der Waals surface area contributed by atoms with E-state index in [4.69, 9.17) is 4.74 Å². The lowest BCUT2D eigenvalue weighted by atomic mass is 9.84. The molecule has 3 nitrogen and oxygen atoms in total. The topological polar surface area (TPSA) is 46.5 Å². The molecule has 3 rings (SSSR count). The van der Waals surface area contributed by atoms with E-state index >= 15 is 0 Å². The van der Waals surface area contributed by atoms with Crippen molar-refractivity contribution in [2.75, 3.05) is 12.4 Å². The Balaban J connectivity index is 2.07. The van der Waals surface area contributed by atoms with Crippen LogP contribution in [0.25, 0.3) is 0 Å². The first kappa shape index (κ1) is 15.1. The summed E-state index contributed by atoms with van der Waals surface area (Å²) in [6.07, 6.45) is -0.0381. The van der Waals surface area contributed by atoms with Gasteiger partial charge in [-0.25, -0.2) is 0 Å². The van der Waals surface area contributed by atoms with Crippen molar-refractivity contribution in [3.8, 4) is 0 Å². The number of rotatable bonds is 2. The fourth-order valence-corrected chi connectivity index (χ4v) is 4.06. The molecule has 2 aromatic carbocycles. The zero-order valence-electron chi connectivity index (χ0n) is 12.1. The number of hydrogen-bond acceptors (Lipinski definition) is 4. The molecular weight excluding hydrogens is 296 g/mol. The van der Waals surface area contributed by atoms with Crippen molar-refractivity contribution < 1.29 is 14.6 Å². The Labute approximate surface area is 134 Å². The molecule has 0 aromatic heterocycles. The highest BCUT2D eigenvalue weighted by Crippen LogP contribution is 2.47. The summed E-state index contributed by atoms with van der Waals surface area (Å²) in [6, 6.07) is 19.3. The Kier molecular flexibility index (Phi) is 4.50. The molecule has 1 N–H and O–H groups in total. The zero-order valence-corrected chi connectivity index (χ0v) is 13.0. The van der Waals surface area contributed by atoms with Crippen LogP contribution in [0, 0.1) is 0 Å². The first-order chi connectivity index (χ1) is 10.7. The maximum Gasteiger partial charge on any atom is 0.309 e. The number of hydrogen-bond donors (Lipinski definition) is 1. The molecule has 1 heterocycles. The molecule has 0 saturated carbocycles. The van der Waals surface area contributed by atoms with Crippen LogP contribution in [0.3, 0.4) is 0 Å². The molecule has 0 radical (unpaired) electrons. The van der Waals surface area contributed by atoms with Crippen LogP contribution in [-0.4, -0.2) is 23.4 Å². The summed E-state index contributed by atoms with van der Waals surface area (Å²) in [5.41, 5.74) is 0.494. The third-order valence-electron chi connectivity index (χ3n) is 3.85. The third kappa shape index (κ3) is 3.03. The molecule has 0 bridgehead atoms. The second kappa shape index (κ2) is 6.55. The second-order valence-corrected chi connectivity index (χ2v) is 6.56. The maximum absolute atomic E-state index is 12.0. The van der Waals surface area contributed by atoms with Crippen molar-refractivity contribution in [1.29, 1.82) is 0 Å². The van der Waals surface area contributed by atoms with Crippen LogP contribution in [0.5, 0.6) is 0 Å². The molecule has 0 aliphatic carbocycles. The Hall–Kier alpha value is -1.78. The van der Waals surface area contributed by atoms with Gasteiger partial charge >= 0.3 is 5.97 Å². The summed E-state index contributed by atoms with van der Waals surface area (Å²) < 4.78 is 5.16. The van der Waals surface area contributed by atoms with E-state index in [1.54, 1.807) is 11.8 Å². The van der Waals surface area contributed by atoms with Crippen LogP contribution >= 0.6 is 11.8 Å². The second-order valence-electron chi connectivity index (χ2n) is 5.35. The fraction of sp³-hybridized carbons (Fsp3) is 0.278. The maximum atomic E-state index is 12.0. The highest BCUT2D eigenvalue weighted by molar-refractivity contribution is 7.99. The van der Waals surface area contributed by atoms with Gasteiger partial charge in [-0.15, -0.1) is 11.8 Å². The molecule has 0 amide bonds. The zero-order chi connectivity index (χ0) is 15.4. The van der Waals surface area contributed by atoms with Gasteiger partial charge in [0.05, 0.1) is 11.7 Å². The summed E-state index contributed by atoms with van der Waals surface area (Å²) in [5, 5.41) is 11.2. The third-order valence-corrected chi connectivity index (χ3v) is 5.25. The van der Waals surface area contributed by atoms with Crippen molar-refractivity contribution >= 4 is 17.7 Å². The number of benzene rings is 2. The van der Waals surface area contributed by atoms with Crippen LogP contribution < -0.4 is 0 Å². The van der Waals surface area contributed by atoms with Gasteiger partial charge in [-0.3, -0.25) is 4.79 Å². The minimum atomic E-state index is -1.27. The summed E-state index contributed by atoms with van der Waals surface area (Å²) >= 11 is 1.63. The summed E-state index contributed by atoms with van der Waals surface area (Å²) in [7, 11) is 0. The van der Waals surface area contributed by atoms with Crippen LogP contribution in [-0.2, 0) is 15.1 Å². The Morgan fingerprint density at radius 1 is 1.05 bits per heavy atom. The molecular formula is C18H18O3S. The molecule has 1 aliphatic rings. The van der Waals surface area contributed by atoms with Crippen LogP contribution in [0.15, 0.2) is 60.7 Å². The Morgan fingerprint density at radius 3 is 2.36 bits per heavy atom. The van der Waals surface area contributed by atoms with Crippen molar-refractivity contribution in [2.24, 2.45) is 0 Å². The lowest BCUT2D eigenvalue weighted by molar-refractivity contribution is -0.149. The predicted octanol–water partition coefficient (Wildman–Crippen LogP) is 3.30. The van der Waals surface area contributed by atoms with E-state index in [1.807, 2.05) is 60.7 Å². The highest BCUT2D eigenvalue weighted by Gasteiger charge is 2.43. The minimum absolute atomic E-state index is 0.0381. The molecule has 1 aliphatic heterocycles. The van der Waals surface area contributed by atoms with Crippen molar-refractivity contribution in [3.05, 3.63) is 71.8 Å². The number of aliphatic hydroxyl groups is 1. The van der Waals surface area contributed by atoms with E-state index in [9.17, 15) is 9.90 Å². The molecule has 2 atom stereocenters. The van der Waals surface area contributed by atoms with Gasteiger partial charge in [0.1, 0.15) is 12.2 Å². The van der Waals surface area contributed by atoms with Gasteiger partial charge in [0.25, 0.3) is 0 Å². The summed E-state index contributed by atoms with van der Waals surface area (Å²) in [5.74, 6) is 0.313. The molecule has 0 unspecified atom stereocenters. The van der Waals surface area contributed by atoms with Crippen molar-refractivity contribution in [3.63, 3.8) is 0 Å². The van der Waals surface area contributed by atoms with E-state index < -0.39 is 5.60 Å². The number of esters is 1. The van der Waals surface area contributed by atoms with Gasteiger partial charge in [-0.1, -0.05) is 60.7 Å². The number of carbonyl (C=O) groups excluding carboxylic acids is 1. The van der Waals surface area contributed by atoms with Gasteiger partial charge in [0.15, 0.2) is 0 Å². The first-order valence-corrected chi connectivity index (χ1v) is 8.35. The highest BCUT2D eigenvalue weighted by atomic mass is 32.2. The number of cyclic esters (lactones) is 1. The van der Waals surface area contributed by atoms with E-state index in [0.717, 1.165) is 11.1 Å². The van der Waals surface area contributed by atoms with E-state index in [-0.39, 0.29) is 17.6 Å². The van der Waals surface area contributed by atoms with Gasteiger partial charge in [0, 0.05) is 5.75 Å². The molecule has 4 heteroatoms. The summed E-state index contributed by atoms with van der Waals surface area (Å²) in [4.78, 5) is 12.0. The van der Waals surface area contributed by atoms with Gasteiger partial charge in [0.2, 0.25) is 0 Å². The van der Waals surface area contributed by atoms with Crippen molar-refractivity contribution in [1.82, 2.24) is 0 Å². The standard InChI is InChI=1S/C18H18O3S/c19-16-13-18(20,15-9-5-2-6-10-15)17(22-12-11-21-16)14-7-3-1-4-8-14/h1-10,17,20H,11-13H2/t17-,18+/m0/s1. The Morgan fingerprint density at radius 2 is 1.68 bits per heavy atom. The first-order valence-electron chi connectivity index (χ1n) is 7.30. The molecule has 22 heavy (non-hydrogen) atoms. The van der Waals surface area contributed by atoms with Gasteiger partial charge in [-0.05, 0) is 11.1 Å². The monoisotopic (exact) mass is 314 g/mol. The molecule has 1 saturated heterocycles. The van der Waals surface area contributed by atoms with E-state index in [0.29, 0.717) is 12.4 Å². The lowest BCUT2D eigenvalue weighted by Gasteiger charge is -2.37. The molecule has 114 valence electrons. The quantitative estimate of drug-likeness (QED) is 0.864. The molecule has 1 fully saturated rings. The Bertz CT molecular complexity index is 629. The smallest absolute Gasteiger partial charge is 0.309 e. The number of carbonyl (C=O) groups is 1. The summed E-state index contributed by atoms with van der Waals surface area (Å²) in [6.45, 7) is 0.387. The number of thioether (sulfide) groups is 1. The van der Waals surface area contributed by atoms with Gasteiger partial charge in [-0.2, -0.15) is 0 Å². The average Bonchev–Trinajstić information content (AvgIpc) is 2.54. The van der Waals surface area contributed by atoms with E-state index in [1.165, 1.54) is 0 Å². The fourth-order valence-electron chi connectivity index (χ4n) is 2.80. The predicted molar refractivity (Wildman–Crippen MR) is 87.6 cm³/mol. The normalized spacial score (nSPS) is 25.9. The van der Waals surface area contributed by atoms with Crippen LogP contribution in [0.4, 0.5) is 0 Å². The number of ether oxygens (including phenoxy) is 1. The van der Waals surface area contributed by atoms with E-state index in [2.05, 4.69) is 0 Å². The average molecular weight is 314 g/mol. The minimum Gasteiger partial charge on any atom is -0.465 e. The SMILES string of the molecule is O=C1C[C@@](O)(c2ccccc2)[C@H](c2ccccc2)SCCO1. The van der Waals surface area contributed by atoms with Crippen LogP contribution in [0.1, 0.15) is 22.8 Å². The van der Waals surface area contributed by atoms with Crippen LogP contribution in [0.2, 0.25) is 0 Å². The molecule has 2 aromatic rings. The molecule has 0 spiro atoms.